The summed E-state index contributed by atoms with van der Waals surface area (Å²) in [4.78, 5) is 23.6. The minimum Gasteiger partial charge on any atom is -0.366 e. The van der Waals surface area contributed by atoms with Gasteiger partial charge in [-0.05, 0) is 90.0 Å². The molecule has 8 nitrogen and oxygen atoms in total. The van der Waals surface area contributed by atoms with E-state index in [4.69, 9.17) is 27.5 Å². The molecule has 0 saturated carbocycles. The SMILES string of the molecule is CCCCC(CC)C[Si]1(CC(CC)CCCC)c2cc(-c3ncc(-c4cc5sc(N(C)CCCC)cc5s4)c4nsnc34)sc2-c2sc(-c3ncc(-c4cc5sc(N(CCCC)CCCC)cc5s4)c4nsnc34)cc21. The fraction of sp³-hybridized carbons (Fsp3) is 0.492. The Hall–Kier alpha value is -3.52. The Morgan fingerprint density at radius 3 is 1.36 bits per heavy atom. The molecule has 1 aliphatic rings. The molecule has 0 aliphatic carbocycles. The van der Waals surface area contributed by atoms with Gasteiger partial charge in [-0.2, -0.15) is 17.5 Å². The van der Waals surface area contributed by atoms with E-state index in [2.05, 4.69) is 114 Å². The van der Waals surface area contributed by atoms with Gasteiger partial charge in [0.05, 0.1) is 43.2 Å². The van der Waals surface area contributed by atoms with Gasteiger partial charge in [-0.1, -0.05) is 119 Å². The first kappa shape index (κ1) is 54.4. The standard InChI is InChI=1S/C59H72N8S8Si/c1-9-16-21-36(14-6)34-76(35-37(15-7)22-17-10-2)48-28-46(54-56-52(62-74-64-56)38(32-60-54)40-26-42-44(68-40)30-50(70-42)66(8)23-18-11-3)72-58(48)59-49(76)29-47(73-59)55-57-53(63-75-65-57)39(33-61-55)41-27-43-45(69-41)31-51(71-43)67(24-19-12-4)25-20-13-5/h26-33,36-37H,9-25,34-35H2,1-8H3. The Labute approximate surface area is 483 Å². The van der Waals surface area contributed by atoms with Crippen LogP contribution in [0.3, 0.4) is 0 Å². The number of aromatic nitrogens is 6. The van der Waals surface area contributed by atoms with E-state index in [1.807, 2.05) is 68.0 Å². The molecule has 17 heteroatoms. The van der Waals surface area contributed by atoms with Gasteiger partial charge < -0.3 is 9.80 Å². The third-order valence-electron chi connectivity index (χ3n) is 16.1. The normalized spacial score (nSPS) is 15.3. The number of unbranched alkanes of at least 4 members (excludes halogenated alkanes) is 5. The van der Waals surface area contributed by atoms with Crippen molar-refractivity contribution in [2.75, 3.05) is 36.5 Å². The average Bonchev–Trinajstić information content (AvgIpc) is 4.42. The highest BCUT2D eigenvalue weighted by atomic mass is 32.1. The molecule has 0 fully saturated rings. The van der Waals surface area contributed by atoms with Crippen molar-refractivity contribution < 1.29 is 0 Å². The molecule has 0 N–H and O–H groups in total. The maximum atomic E-state index is 5.40. The topological polar surface area (TPSA) is 83.8 Å². The van der Waals surface area contributed by atoms with Gasteiger partial charge in [-0.15, -0.1) is 68.0 Å². The first-order valence-electron chi connectivity index (χ1n) is 28.3. The fourth-order valence-corrected chi connectivity index (χ4v) is 28.0. The molecule has 11 rings (SSSR count). The lowest BCUT2D eigenvalue weighted by atomic mass is 10.0. The predicted molar refractivity (Wildman–Crippen MR) is 345 cm³/mol. The quantitative estimate of drug-likeness (QED) is 0.0471. The molecular formula is C59H72N8S8Si. The summed E-state index contributed by atoms with van der Waals surface area (Å²) < 4.78 is 25.5. The van der Waals surface area contributed by atoms with E-state index in [0.717, 1.165) is 64.2 Å². The summed E-state index contributed by atoms with van der Waals surface area (Å²) in [5.41, 5.74) is 7.94. The molecule has 1 aliphatic heterocycles. The van der Waals surface area contributed by atoms with Crippen LogP contribution in [0, 0.1) is 11.8 Å². The lowest BCUT2D eigenvalue weighted by molar-refractivity contribution is 0.469. The molecule has 2 unspecified atom stereocenters. The Bertz CT molecular complexity index is 3480. The average molecular weight is 1180 g/mol. The number of hydrogen-bond acceptors (Lipinski definition) is 16. The van der Waals surface area contributed by atoms with Gasteiger partial charge in [0, 0.05) is 88.5 Å². The highest BCUT2D eigenvalue weighted by Gasteiger charge is 2.50. The molecule has 0 amide bonds. The summed E-state index contributed by atoms with van der Waals surface area (Å²) in [5, 5.41) is 6.03. The van der Waals surface area contributed by atoms with Gasteiger partial charge >= 0.3 is 0 Å². The number of anilines is 2. The largest absolute Gasteiger partial charge is 0.366 e. The third-order valence-corrected chi connectivity index (χ3v) is 30.2. The zero-order valence-corrected chi connectivity index (χ0v) is 53.1. The van der Waals surface area contributed by atoms with Crippen LogP contribution in [0.4, 0.5) is 10.0 Å². The monoisotopic (exact) mass is 1180 g/mol. The summed E-state index contributed by atoms with van der Waals surface area (Å²) in [6.45, 7) is 19.8. The zero-order valence-electron chi connectivity index (χ0n) is 45.6. The van der Waals surface area contributed by atoms with E-state index in [1.165, 1.54) is 184 Å². The predicted octanol–water partition coefficient (Wildman–Crippen LogP) is 19.4. The van der Waals surface area contributed by atoms with Crippen molar-refractivity contribution >= 4 is 161 Å². The molecule has 400 valence electrons. The van der Waals surface area contributed by atoms with Crippen LogP contribution in [0.2, 0.25) is 12.1 Å². The molecule has 2 atom stereocenters. The number of hydrogen-bond donors (Lipinski definition) is 0. The van der Waals surface area contributed by atoms with Crippen molar-refractivity contribution in [3.63, 3.8) is 0 Å². The van der Waals surface area contributed by atoms with Crippen LogP contribution in [-0.4, -0.2) is 62.2 Å². The van der Waals surface area contributed by atoms with Crippen LogP contribution < -0.4 is 20.2 Å². The fourth-order valence-electron chi connectivity index (χ4n) is 11.7. The first-order chi connectivity index (χ1) is 37.2. The van der Waals surface area contributed by atoms with Crippen molar-refractivity contribution in [1.82, 2.24) is 27.5 Å². The van der Waals surface area contributed by atoms with E-state index in [9.17, 15) is 0 Å². The second kappa shape index (κ2) is 24.1. The van der Waals surface area contributed by atoms with Gasteiger partial charge in [0.2, 0.25) is 0 Å². The van der Waals surface area contributed by atoms with Crippen LogP contribution in [0.5, 0.6) is 0 Å². The minimum absolute atomic E-state index is 0.681. The highest BCUT2D eigenvalue weighted by Crippen LogP contribution is 2.51. The Balaban J connectivity index is 0.995. The number of fused-ring (bicyclic) bond motifs is 7. The Morgan fingerprint density at radius 2 is 0.895 bits per heavy atom. The maximum absolute atomic E-state index is 5.40. The lowest BCUT2D eigenvalue weighted by Crippen LogP contribution is -2.56. The molecule has 10 aromatic heterocycles. The second-order valence-electron chi connectivity index (χ2n) is 21.3. The van der Waals surface area contributed by atoms with Crippen LogP contribution in [-0.2, 0) is 0 Å². The first-order valence-corrected chi connectivity index (χ1v) is 37.1. The van der Waals surface area contributed by atoms with Gasteiger partial charge in [-0.25, -0.2) is 0 Å². The Morgan fingerprint density at radius 1 is 0.461 bits per heavy atom. The van der Waals surface area contributed by atoms with Crippen LogP contribution in [0.15, 0.2) is 48.8 Å². The van der Waals surface area contributed by atoms with E-state index in [0.29, 0.717) is 11.8 Å². The van der Waals surface area contributed by atoms with E-state index in [1.54, 1.807) is 10.4 Å². The molecule has 0 aromatic carbocycles. The summed E-state index contributed by atoms with van der Waals surface area (Å²) in [5.74, 6) is 1.36. The number of rotatable bonds is 27. The van der Waals surface area contributed by atoms with Crippen molar-refractivity contribution in [2.24, 2.45) is 11.8 Å². The lowest BCUT2D eigenvalue weighted by Gasteiger charge is -2.35. The zero-order chi connectivity index (χ0) is 52.5. The molecule has 0 radical (unpaired) electrons. The number of pyridine rings is 2. The van der Waals surface area contributed by atoms with Gasteiger partial charge in [0.1, 0.15) is 41.5 Å². The van der Waals surface area contributed by atoms with Crippen molar-refractivity contribution in [2.45, 2.75) is 150 Å². The minimum atomic E-state index is -2.37. The van der Waals surface area contributed by atoms with Crippen LogP contribution >= 0.6 is 91.5 Å². The smallest absolute Gasteiger partial charge is 0.132 e. The van der Waals surface area contributed by atoms with Crippen LogP contribution in [0.25, 0.3) is 92.6 Å². The number of nitrogens with zero attached hydrogens (tertiary/aromatic N) is 8. The molecular weight excluding hydrogens is 1110 g/mol. The van der Waals surface area contributed by atoms with E-state index >= 15 is 0 Å². The van der Waals surface area contributed by atoms with Gasteiger partial charge in [0.25, 0.3) is 0 Å². The summed E-state index contributed by atoms with van der Waals surface area (Å²) in [6, 6.07) is 17.4. The van der Waals surface area contributed by atoms with Crippen molar-refractivity contribution in [3.05, 3.63) is 48.8 Å². The highest BCUT2D eigenvalue weighted by molar-refractivity contribution is 7.33. The molecule has 10 aromatic rings. The van der Waals surface area contributed by atoms with E-state index in [-0.39, 0.29) is 0 Å². The molecule has 0 bridgehead atoms. The van der Waals surface area contributed by atoms with Gasteiger partial charge in [0.15, 0.2) is 0 Å². The molecule has 0 saturated heterocycles. The number of thiophene rings is 6. The third kappa shape index (κ3) is 10.4. The van der Waals surface area contributed by atoms with Crippen molar-refractivity contribution in [3.8, 4) is 51.8 Å². The summed E-state index contributed by atoms with van der Waals surface area (Å²) >= 11 is 14.1. The van der Waals surface area contributed by atoms with Crippen LogP contribution in [0.1, 0.15) is 138 Å². The van der Waals surface area contributed by atoms with Crippen molar-refractivity contribution in [1.29, 1.82) is 0 Å². The Kier molecular flexibility index (Phi) is 17.2. The second-order valence-corrected chi connectivity index (χ2v) is 32.8. The summed E-state index contributed by atoms with van der Waals surface area (Å²) in [6.07, 6.45) is 21.6. The maximum Gasteiger partial charge on any atom is 0.132 e. The molecule has 11 heterocycles. The summed E-state index contributed by atoms with van der Waals surface area (Å²) in [7, 11) is -0.149. The molecule has 0 spiro atoms. The van der Waals surface area contributed by atoms with E-state index < -0.39 is 8.07 Å². The molecule has 76 heavy (non-hydrogen) atoms. The van der Waals surface area contributed by atoms with Gasteiger partial charge in [-0.3, -0.25) is 9.97 Å².